The molecule has 0 aliphatic carbocycles. The summed E-state index contributed by atoms with van der Waals surface area (Å²) >= 11 is 1.79. The Hall–Kier alpha value is -0.830. The Morgan fingerprint density at radius 2 is 2.20 bits per heavy atom. The highest BCUT2D eigenvalue weighted by Gasteiger charge is 2.21. The van der Waals surface area contributed by atoms with Crippen molar-refractivity contribution >= 4 is 47.2 Å². The molecule has 0 saturated heterocycles. The zero-order chi connectivity index (χ0) is 17.4. The predicted molar refractivity (Wildman–Crippen MR) is 117 cm³/mol. The summed E-state index contributed by atoms with van der Waals surface area (Å²) < 4.78 is 0. The van der Waals surface area contributed by atoms with Gasteiger partial charge in [-0.2, -0.15) is 0 Å². The molecular weight excluding hydrogens is 447 g/mol. The molecule has 0 atom stereocenters. The lowest BCUT2D eigenvalue weighted by Crippen LogP contribution is -2.40. The van der Waals surface area contributed by atoms with E-state index in [9.17, 15) is 4.79 Å². The lowest BCUT2D eigenvalue weighted by molar-refractivity contribution is -0.130. The summed E-state index contributed by atoms with van der Waals surface area (Å²) in [6, 6.07) is 2.13. The van der Waals surface area contributed by atoms with Crippen LogP contribution in [0.3, 0.4) is 0 Å². The summed E-state index contributed by atoms with van der Waals surface area (Å²) in [4.78, 5) is 20.2. The molecule has 0 aromatic carbocycles. The molecule has 1 aromatic heterocycles. The van der Waals surface area contributed by atoms with Gasteiger partial charge in [-0.25, -0.2) is 4.99 Å². The van der Waals surface area contributed by atoms with Crippen molar-refractivity contribution in [2.24, 2.45) is 10.9 Å². The Morgan fingerprint density at radius 1 is 1.40 bits per heavy atom. The fourth-order valence-corrected chi connectivity index (χ4v) is 3.66. The highest BCUT2D eigenvalue weighted by atomic mass is 127. The van der Waals surface area contributed by atoms with E-state index in [0.29, 0.717) is 5.92 Å². The molecule has 1 aliphatic heterocycles. The molecule has 142 valence electrons. The number of carbonyl (C=O) groups is 1. The molecular formula is C18H31IN4OS. The smallest absolute Gasteiger partial charge is 0.244 e. The zero-order valence-electron chi connectivity index (χ0n) is 15.5. The number of amides is 1. The topological polar surface area (TPSA) is 56.7 Å². The largest absolute Gasteiger partial charge is 0.357 e. The van der Waals surface area contributed by atoms with Crippen LogP contribution in [0.4, 0.5) is 0 Å². The van der Waals surface area contributed by atoms with E-state index in [1.807, 2.05) is 11.8 Å². The number of hydrogen-bond acceptors (Lipinski definition) is 3. The monoisotopic (exact) mass is 478 g/mol. The number of guanidine groups is 1. The van der Waals surface area contributed by atoms with E-state index >= 15 is 0 Å². The summed E-state index contributed by atoms with van der Waals surface area (Å²) in [6.45, 7) is 9.93. The van der Waals surface area contributed by atoms with Crippen molar-refractivity contribution < 1.29 is 4.79 Å². The van der Waals surface area contributed by atoms with Crippen LogP contribution in [0.2, 0.25) is 0 Å². The van der Waals surface area contributed by atoms with Gasteiger partial charge >= 0.3 is 0 Å². The van der Waals surface area contributed by atoms with Crippen molar-refractivity contribution in [2.75, 3.05) is 26.2 Å². The normalized spacial score (nSPS) is 14.1. The quantitative estimate of drug-likeness (QED) is 0.274. The molecule has 2 N–H and O–H groups in total. The highest BCUT2D eigenvalue weighted by molar-refractivity contribution is 14.0. The van der Waals surface area contributed by atoms with Crippen LogP contribution in [0.25, 0.3) is 0 Å². The predicted octanol–water partition coefficient (Wildman–Crippen LogP) is 3.24. The van der Waals surface area contributed by atoms with Gasteiger partial charge in [0.1, 0.15) is 6.54 Å². The standard InChI is InChI=1S/C18H30N4OS.HI/c1-4-19-18(20-9-5-6-14(2)3)21-12-17(23)22-10-7-16-15(13-22)8-11-24-16;/h8,11,14H,4-7,9-10,12-13H2,1-3H3,(H2,19,20,21);1H. The van der Waals surface area contributed by atoms with Gasteiger partial charge in [-0.05, 0) is 49.1 Å². The molecule has 0 fully saturated rings. The average Bonchev–Trinajstić information content (AvgIpc) is 3.03. The fraction of sp³-hybridized carbons (Fsp3) is 0.667. The summed E-state index contributed by atoms with van der Waals surface area (Å²) in [6.07, 6.45) is 3.28. The zero-order valence-corrected chi connectivity index (χ0v) is 18.7. The van der Waals surface area contributed by atoms with Crippen molar-refractivity contribution in [3.05, 3.63) is 21.9 Å². The Kier molecular flexibility index (Phi) is 10.4. The van der Waals surface area contributed by atoms with E-state index < -0.39 is 0 Å². The molecule has 1 aromatic rings. The second kappa shape index (κ2) is 11.7. The number of thiophene rings is 1. The van der Waals surface area contributed by atoms with Crippen molar-refractivity contribution in [1.82, 2.24) is 15.5 Å². The SMILES string of the molecule is CCNC(=NCC(=O)N1CCc2sccc2C1)NCCCC(C)C.I. The molecule has 1 aliphatic rings. The fourth-order valence-electron chi connectivity index (χ4n) is 2.77. The summed E-state index contributed by atoms with van der Waals surface area (Å²) in [5, 5.41) is 8.64. The van der Waals surface area contributed by atoms with Crippen LogP contribution in [0.15, 0.2) is 16.4 Å². The third-order valence-electron chi connectivity index (χ3n) is 4.13. The third kappa shape index (κ3) is 7.52. The number of rotatable bonds is 7. The second-order valence-corrected chi connectivity index (χ2v) is 7.59. The van der Waals surface area contributed by atoms with Crippen LogP contribution < -0.4 is 10.6 Å². The minimum atomic E-state index is 0. The van der Waals surface area contributed by atoms with Crippen LogP contribution in [0.5, 0.6) is 0 Å². The maximum absolute atomic E-state index is 12.4. The van der Waals surface area contributed by atoms with E-state index in [2.05, 4.69) is 40.9 Å². The molecule has 0 spiro atoms. The van der Waals surface area contributed by atoms with Crippen LogP contribution in [-0.2, 0) is 17.8 Å². The molecule has 2 heterocycles. The lowest BCUT2D eigenvalue weighted by atomic mass is 10.1. The number of carbonyl (C=O) groups excluding carboxylic acids is 1. The van der Waals surface area contributed by atoms with Gasteiger partial charge in [-0.15, -0.1) is 35.3 Å². The summed E-state index contributed by atoms with van der Waals surface area (Å²) in [7, 11) is 0. The number of fused-ring (bicyclic) bond motifs is 1. The Balaban J connectivity index is 0.00000312. The van der Waals surface area contributed by atoms with Gasteiger partial charge in [0.15, 0.2) is 5.96 Å². The second-order valence-electron chi connectivity index (χ2n) is 6.59. The minimum absolute atomic E-state index is 0. The lowest BCUT2D eigenvalue weighted by Gasteiger charge is -2.26. The highest BCUT2D eigenvalue weighted by Crippen LogP contribution is 2.23. The van der Waals surface area contributed by atoms with Crippen LogP contribution in [0, 0.1) is 5.92 Å². The van der Waals surface area contributed by atoms with Crippen LogP contribution in [-0.4, -0.2) is 42.9 Å². The summed E-state index contributed by atoms with van der Waals surface area (Å²) in [5.74, 6) is 1.56. The molecule has 7 heteroatoms. The number of halogens is 1. The van der Waals surface area contributed by atoms with Gasteiger partial charge < -0.3 is 15.5 Å². The van der Waals surface area contributed by atoms with E-state index in [1.165, 1.54) is 16.9 Å². The van der Waals surface area contributed by atoms with Crippen molar-refractivity contribution in [3.8, 4) is 0 Å². The maximum atomic E-state index is 12.4. The molecule has 1 amide bonds. The molecule has 0 radical (unpaired) electrons. The van der Waals surface area contributed by atoms with Crippen LogP contribution in [0.1, 0.15) is 44.1 Å². The first-order valence-corrected chi connectivity index (χ1v) is 9.83. The van der Waals surface area contributed by atoms with Crippen LogP contribution >= 0.6 is 35.3 Å². The Labute approximate surface area is 172 Å². The molecule has 0 unspecified atom stereocenters. The molecule has 25 heavy (non-hydrogen) atoms. The molecule has 0 bridgehead atoms. The summed E-state index contributed by atoms with van der Waals surface area (Å²) in [5.41, 5.74) is 1.29. The number of aliphatic imine (C=N–C) groups is 1. The molecule has 0 saturated carbocycles. The van der Waals surface area contributed by atoms with Gasteiger partial charge in [0, 0.05) is 31.1 Å². The first-order chi connectivity index (χ1) is 11.6. The van der Waals surface area contributed by atoms with E-state index in [0.717, 1.165) is 45.0 Å². The van der Waals surface area contributed by atoms with E-state index in [-0.39, 0.29) is 36.4 Å². The first-order valence-electron chi connectivity index (χ1n) is 8.95. The van der Waals surface area contributed by atoms with E-state index in [1.54, 1.807) is 11.3 Å². The first kappa shape index (κ1) is 22.2. The number of nitrogens with one attached hydrogen (secondary N) is 2. The van der Waals surface area contributed by atoms with Gasteiger partial charge in [-0.1, -0.05) is 13.8 Å². The minimum Gasteiger partial charge on any atom is -0.357 e. The Bertz CT molecular complexity index is 559. The van der Waals surface area contributed by atoms with Gasteiger partial charge in [0.25, 0.3) is 0 Å². The molecule has 5 nitrogen and oxygen atoms in total. The van der Waals surface area contributed by atoms with Crippen molar-refractivity contribution in [3.63, 3.8) is 0 Å². The van der Waals surface area contributed by atoms with Gasteiger partial charge in [-0.3, -0.25) is 4.79 Å². The maximum Gasteiger partial charge on any atom is 0.244 e. The third-order valence-corrected chi connectivity index (χ3v) is 5.15. The van der Waals surface area contributed by atoms with E-state index in [4.69, 9.17) is 0 Å². The number of nitrogens with zero attached hydrogens (tertiary/aromatic N) is 2. The van der Waals surface area contributed by atoms with Crippen molar-refractivity contribution in [1.29, 1.82) is 0 Å². The Morgan fingerprint density at radius 3 is 2.92 bits per heavy atom. The molecule has 2 rings (SSSR count). The average molecular weight is 478 g/mol. The van der Waals surface area contributed by atoms with Gasteiger partial charge in [0.2, 0.25) is 5.91 Å². The van der Waals surface area contributed by atoms with Gasteiger partial charge in [0.05, 0.1) is 0 Å². The number of hydrogen-bond donors (Lipinski definition) is 2. The van der Waals surface area contributed by atoms with Crippen molar-refractivity contribution in [2.45, 2.75) is 46.6 Å².